The molecule has 0 saturated carbocycles. The summed E-state index contributed by atoms with van der Waals surface area (Å²) in [4.78, 5) is 39.7. The number of nitrogens with one attached hydrogen (secondary N) is 2. The van der Waals surface area contributed by atoms with Gasteiger partial charge in [-0.3, -0.25) is 14.4 Å². The van der Waals surface area contributed by atoms with Crippen LogP contribution in [0.3, 0.4) is 0 Å². The van der Waals surface area contributed by atoms with Gasteiger partial charge in [0, 0.05) is 49.5 Å². The molecule has 1 aliphatic heterocycles. The highest BCUT2D eigenvalue weighted by atomic mass is 32.2. The Morgan fingerprint density at radius 1 is 1.07 bits per heavy atom. The zero-order valence-electron chi connectivity index (χ0n) is 23.0. The van der Waals surface area contributed by atoms with Crippen LogP contribution < -0.4 is 16.4 Å². The van der Waals surface area contributed by atoms with Crippen LogP contribution in [0, 0.1) is 23.4 Å². The first-order chi connectivity index (χ1) is 19.0. The summed E-state index contributed by atoms with van der Waals surface area (Å²) in [5.74, 6) is -3.18. The van der Waals surface area contributed by atoms with Gasteiger partial charge in [-0.15, -0.1) is 11.8 Å². The van der Waals surface area contributed by atoms with Crippen LogP contribution in [0.15, 0.2) is 36.4 Å². The second-order valence-electron chi connectivity index (χ2n) is 10.3. The van der Waals surface area contributed by atoms with E-state index in [0.29, 0.717) is 24.8 Å². The average molecular weight is 579 g/mol. The average Bonchev–Trinajstić information content (AvgIpc) is 3.40. The molecule has 0 spiro atoms. The van der Waals surface area contributed by atoms with E-state index in [2.05, 4.69) is 10.6 Å². The number of anilines is 1. The van der Waals surface area contributed by atoms with Crippen LogP contribution in [0.25, 0.3) is 0 Å². The molecule has 218 valence electrons. The minimum atomic E-state index is -1.29. The Hall–Kier alpha value is -3.05. The van der Waals surface area contributed by atoms with Crippen molar-refractivity contribution < 1.29 is 27.6 Å². The van der Waals surface area contributed by atoms with E-state index in [1.165, 1.54) is 16.7 Å². The zero-order valence-corrected chi connectivity index (χ0v) is 23.8. The third-order valence-corrected chi connectivity index (χ3v) is 7.90. The number of nitrogens with two attached hydrogens (primary N) is 1. The molecule has 1 aliphatic rings. The van der Waals surface area contributed by atoms with E-state index in [1.54, 1.807) is 0 Å². The lowest BCUT2D eigenvalue weighted by Gasteiger charge is -2.24. The lowest BCUT2D eigenvalue weighted by atomic mass is 9.96. The highest BCUT2D eigenvalue weighted by Crippen LogP contribution is 2.26. The van der Waals surface area contributed by atoms with Crippen LogP contribution in [0.2, 0.25) is 0 Å². The summed E-state index contributed by atoms with van der Waals surface area (Å²) in [5, 5.41) is 5.45. The van der Waals surface area contributed by atoms with E-state index in [-0.39, 0.29) is 54.5 Å². The number of rotatable bonds is 13. The van der Waals surface area contributed by atoms with Crippen LogP contribution >= 0.6 is 11.8 Å². The van der Waals surface area contributed by atoms with Gasteiger partial charge in [-0.2, -0.15) is 0 Å². The molecule has 7 nitrogen and oxygen atoms in total. The molecule has 3 rings (SSSR count). The molecule has 11 heteroatoms. The summed E-state index contributed by atoms with van der Waals surface area (Å²) in [7, 11) is 0. The first kappa shape index (κ1) is 31.5. The maximum Gasteiger partial charge on any atom is 0.253 e. The van der Waals surface area contributed by atoms with E-state index in [4.69, 9.17) is 5.73 Å². The second kappa shape index (κ2) is 14.5. The maximum absolute atomic E-state index is 14.0. The standard InChI is InChI=1S/C29H37F3N4O3S/c1-4-5-25(37)27(17(2)3)35-21-8-6-18(7-9-21)16-34-28(39)29-36(10-11-40-29)26(38)14-20(33)12-19-13-23(31)24(32)15-22(19)30/h6-9,13,15,17,20,27,29,35H,4-5,10-12,14,16,33H2,1-3H3,(H,34,39). The Labute approximate surface area is 237 Å². The number of amides is 2. The van der Waals surface area contributed by atoms with Gasteiger partial charge in [0.25, 0.3) is 5.91 Å². The number of hydrogen-bond acceptors (Lipinski definition) is 6. The fraction of sp³-hybridized carbons (Fsp3) is 0.483. The molecule has 0 aromatic heterocycles. The highest BCUT2D eigenvalue weighted by molar-refractivity contribution is 8.00. The summed E-state index contributed by atoms with van der Waals surface area (Å²) in [5.41, 5.74) is 7.58. The molecule has 1 saturated heterocycles. The van der Waals surface area contributed by atoms with Crippen molar-refractivity contribution in [1.82, 2.24) is 10.2 Å². The quantitative estimate of drug-likeness (QED) is 0.305. The molecule has 0 radical (unpaired) electrons. The zero-order chi connectivity index (χ0) is 29.4. The maximum atomic E-state index is 14.0. The third kappa shape index (κ3) is 8.47. The van der Waals surface area contributed by atoms with Gasteiger partial charge in [-0.1, -0.05) is 32.9 Å². The monoisotopic (exact) mass is 578 g/mol. The van der Waals surface area contributed by atoms with Crippen LogP contribution in [0.4, 0.5) is 18.9 Å². The van der Waals surface area contributed by atoms with Crippen LogP contribution in [0.5, 0.6) is 0 Å². The molecule has 3 unspecified atom stereocenters. The molecule has 0 aliphatic carbocycles. The van der Waals surface area contributed by atoms with Crippen molar-refractivity contribution in [2.24, 2.45) is 11.7 Å². The lowest BCUT2D eigenvalue weighted by molar-refractivity contribution is -0.136. The first-order valence-corrected chi connectivity index (χ1v) is 14.5. The van der Waals surface area contributed by atoms with Crippen molar-refractivity contribution in [3.05, 3.63) is 65.0 Å². The number of thioether (sulfide) groups is 1. The molecule has 40 heavy (non-hydrogen) atoms. The molecular formula is C29H37F3N4O3S. The summed E-state index contributed by atoms with van der Waals surface area (Å²) in [6, 6.07) is 7.57. The van der Waals surface area contributed by atoms with E-state index in [1.807, 2.05) is 45.0 Å². The van der Waals surface area contributed by atoms with Gasteiger partial charge in [0.15, 0.2) is 22.8 Å². The number of halogens is 3. The molecule has 2 amide bonds. The van der Waals surface area contributed by atoms with Crippen molar-refractivity contribution >= 4 is 35.0 Å². The SMILES string of the molecule is CCCC(=O)C(Nc1ccc(CNC(=O)C2SCCN2C(=O)CC(N)Cc2cc(F)c(F)cc2F)cc1)C(C)C. The minimum absolute atomic E-state index is 0.113. The fourth-order valence-electron chi connectivity index (χ4n) is 4.55. The van der Waals surface area contributed by atoms with Gasteiger partial charge < -0.3 is 21.3 Å². The molecular weight excluding hydrogens is 541 g/mol. The summed E-state index contributed by atoms with van der Waals surface area (Å²) in [6.45, 7) is 6.61. The van der Waals surface area contributed by atoms with Gasteiger partial charge >= 0.3 is 0 Å². The number of ketones is 1. The Balaban J connectivity index is 1.52. The summed E-state index contributed by atoms with van der Waals surface area (Å²) < 4.78 is 40.6. The number of Topliss-reactive ketones (excluding diaryl/α,β-unsaturated/α-hetero) is 1. The lowest BCUT2D eigenvalue weighted by Crippen LogP contribution is -2.46. The molecule has 1 fully saturated rings. The van der Waals surface area contributed by atoms with Gasteiger partial charge in [0.1, 0.15) is 5.82 Å². The minimum Gasteiger partial charge on any atom is -0.375 e. The van der Waals surface area contributed by atoms with E-state index < -0.39 is 28.9 Å². The summed E-state index contributed by atoms with van der Waals surface area (Å²) >= 11 is 1.34. The third-order valence-electron chi connectivity index (χ3n) is 6.70. The van der Waals surface area contributed by atoms with E-state index in [0.717, 1.165) is 23.7 Å². The topological polar surface area (TPSA) is 105 Å². The molecule has 4 N–H and O–H groups in total. The molecule has 2 aromatic carbocycles. The second-order valence-corrected chi connectivity index (χ2v) is 11.5. The Morgan fingerprint density at radius 3 is 2.40 bits per heavy atom. The van der Waals surface area contributed by atoms with Crippen molar-refractivity contribution in [1.29, 1.82) is 0 Å². The number of carbonyl (C=O) groups excluding carboxylic acids is 3. The highest BCUT2D eigenvalue weighted by Gasteiger charge is 2.35. The number of carbonyl (C=O) groups is 3. The Morgan fingerprint density at radius 2 is 1.75 bits per heavy atom. The molecule has 2 aromatic rings. The van der Waals surface area contributed by atoms with Gasteiger partial charge in [-0.25, -0.2) is 13.2 Å². The van der Waals surface area contributed by atoms with Gasteiger partial charge in [0.2, 0.25) is 5.91 Å². The van der Waals surface area contributed by atoms with Crippen LogP contribution in [-0.2, 0) is 27.3 Å². The van der Waals surface area contributed by atoms with Crippen LogP contribution in [-0.4, -0.2) is 52.3 Å². The Kier molecular flexibility index (Phi) is 11.4. The molecule has 1 heterocycles. The normalized spacial score (nSPS) is 16.6. The number of nitrogens with zero attached hydrogens (tertiary/aromatic N) is 1. The fourth-order valence-corrected chi connectivity index (χ4v) is 5.72. The molecule has 0 bridgehead atoms. The van der Waals surface area contributed by atoms with Crippen molar-refractivity contribution in [3.63, 3.8) is 0 Å². The van der Waals surface area contributed by atoms with Gasteiger partial charge in [0.05, 0.1) is 6.04 Å². The number of benzene rings is 2. The van der Waals surface area contributed by atoms with E-state index >= 15 is 0 Å². The van der Waals surface area contributed by atoms with Crippen molar-refractivity contribution in [2.75, 3.05) is 17.6 Å². The Bertz CT molecular complexity index is 1200. The van der Waals surface area contributed by atoms with Crippen LogP contribution in [0.1, 0.15) is 51.2 Å². The predicted molar refractivity (Wildman–Crippen MR) is 151 cm³/mol. The van der Waals surface area contributed by atoms with E-state index in [9.17, 15) is 27.6 Å². The number of hydrogen-bond donors (Lipinski definition) is 3. The first-order valence-electron chi connectivity index (χ1n) is 13.5. The van der Waals surface area contributed by atoms with Crippen molar-refractivity contribution in [2.45, 2.75) is 70.5 Å². The smallest absolute Gasteiger partial charge is 0.253 e. The van der Waals surface area contributed by atoms with Gasteiger partial charge in [-0.05, 0) is 48.1 Å². The predicted octanol–water partition coefficient (Wildman–Crippen LogP) is 4.39. The molecule has 3 atom stereocenters. The van der Waals surface area contributed by atoms with Crippen molar-refractivity contribution in [3.8, 4) is 0 Å². The summed E-state index contributed by atoms with van der Waals surface area (Å²) in [6.07, 6.45) is 1.00. The largest absolute Gasteiger partial charge is 0.375 e.